The predicted octanol–water partition coefficient (Wildman–Crippen LogP) is 3.97. The Hall–Kier alpha value is -2.34. The van der Waals surface area contributed by atoms with Crippen LogP contribution in [0.15, 0.2) is 51.4 Å². The molecule has 22 heavy (non-hydrogen) atoms. The zero-order chi connectivity index (χ0) is 15.5. The summed E-state index contributed by atoms with van der Waals surface area (Å²) in [4.78, 5) is 0. The van der Waals surface area contributed by atoms with Gasteiger partial charge in [0.1, 0.15) is 12.4 Å². The Kier molecular flexibility index (Phi) is 4.11. The van der Waals surface area contributed by atoms with Gasteiger partial charge in [-0.1, -0.05) is 29.4 Å². The van der Waals surface area contributed by atoms with Crippen molar-refractivity contribution in [1.29, 1.82) is 0 Å². The maximum absolute atomic E-state index is 5.86. The number of hydrogen-bond acceptors (Lipinski definition) is 5. The van der Waals surface area contributed by atoms with E-state index >= 15 is 0 Å². The number of halogens is 1. The van der Waals surface area contributed by atoms with Crippen molar-refractivity contribution in [2.45, 2.75) is 13.5 Å². The van der Waals surface area contributed by atoms with Crippen LogP contribution in [0.2, 0.25) is 0 Å². The first kappa shape index (κ1) is 14.6. The fraction of sp³-hybridized carbons (Fsp3) is 0.125. The number of nitrogens with zero attached hydrogens (tertiary/aromatic N) is 2. The molecule has 0 saturated heterocycles. The molecule has 0 atom stereocenters. The van der Waals surface area contributed by atoms with Crippen molar-refractivity contribution in [2.75, 3.05) is 5.73 Å². The van der Waals surface area contributed by atoms with Gasteiger partial charge >= 0.3 is 6.01 Å². The lowest BCUT2D eigenvalue weighted by atomic mass is 10.1. The van der Waals surface area contributed by atoms with E-state index in [-0.39, 0.29) is 6.01 Å². The number of anilines is 1. The molecule has 0 bridgehead atoms. The largest absolute Gasteiger partial charge is 0.488 e. The van der Waals surface area contributed by atoms with E-state index in [1.54, 1.807) is 0 Å². The number of aromatic nitrogens is 2. The van der Waals surface area contributed by atoms with Crippen LogP contribution in [-0.2, 0) is 6.61 Å². The van der Waals surface area contributed by atoms with E-state index in [4.69, 9.17) is 14.9 Å². The van der Waals surface area contributed by atoms with E-state index in [1.165, 1.54) is 5.56 Å². The summed E-state index contributed by atoms with van der Waals surface area (Å²) in [5.74, 6) is 1.13. The Bertz CT molecular complexity index is 802. The fourth-order valence-electron chi connectivity index (χ4n) is 2.03. The molecule has 0 spiro atoms. The number of rotatable bonds is 4. The first-order chi connectivity index (χ1) is 10.6. The summed E-state index contributed by atoms with van der Waals surface area (Å²) in [6.07, 6.45) is 0. The Morgan fingerprint density at radius 3 is 2.68 bits per heavy atom. The highest BCUT2D eigenvalue weighted by Crippen LogP contribution is 2.31. The van der Waals surface area contributed by atoms with Crippen molar-refractivity contribution < 1.29 is 9.15 Å². The van der Waals surface area contributed by atoms with E-state index in [0.29, 0.717) is 12.5 Å². The number of hydrogen-bond donors (Lipinski definition) is 1. The van der Waals surface area contributed by atoms with E-state index < -0.39 is 0 Å². The van der Waals surface area contributed by atoms with Crippen molar-refractivity contribution in [3.05, 3.63) is 58.1 Å². The highest BCUT2D eigenvalue weighted by atomic mass is 79.9. The van der Waals surface area contributed by atoms with Crippen molar-refractivity contribution >= 4 is 21.9 Å². The average Bonchev–Trinajstić information content (AvgIpc) is 2.94. The molecule has 0 aliphatic heterocycles. The quantitative estimate of drug-likeness (QED) is 0.762. The maximum atomic E-state index is 5.86. The van der Waals surface area contributed by atoms with Gasteiger partial charge in [-0.05, 0) is 52.2 Å². The number of nitrogens with two attached hydrogens (primary N) is 1. The number of nitrogen functional groups attached to an aromatic ring is 1. The number of ether oxygens (including phenoxy) is 1. The number of benzene rings is 2. The summed E-state index contributed by atoms with van der Waals surface area (Å²) in [6.45, 7) is 2.58. The lowest BCUT2D eigenvalue weighted by Crippen LogP contribution is -1.98. The van der Waals surface area contributed by atoms with Crippen LogP contribution in [0, 0.1) is 6.92 Å². The van der Waals surface area contributed by atoms with Gasteiger partial charge in [-0.2, -0.15) is 0 Å². The van der Waals surface area contributed by atoms with Crippen LogP contribution in [0.25, 0.3) is 11.5 Å². The van der Waals surface area contributed by atoms with Gasteiger partial charge in [0.05, 0.1) is 4.47 Å². The molecule has 0 aliphatic carbocycles. The molecule has 0 fully saturated rings. The molecule has 1 heterocycles. The van der Waals surface area contributed by atoms with Crippen molar-refractivity contribution in [3.8, 4) is 17.2 Å². The molecule has 2 N–H and O–H groups in total. The van der Waals surface area contributed by atoms with Gasteiger partial charge in [0, 0.05) is 5.56 Å². The van der Waals surface area contributed by atoms with E-state index in [9.17, 15) is 0 Å². The van der Waals surface area contributed by atoms with Crippen molar-refractivity contribution in [3.63, 3.8) is 0 Å². The zero-order valence-electron chi connectivity index (χ0n) is 11.9. The van der Waals surface area contributed by atoms with E-state index in [0.717, 1.165) is 21.3 Å². The Morgan fingerprint density at radius 1 is 1.18 bits per heavy atom. The molecular formula is C16H14BrN3O2. The fourth-order valence-corrected chi connectivity index (χ4v) is 2.52. The molecule has 0 saturated carbocycles. The molecule has 3 rings (SSSR count). The van der Waals surface area contributed by atoms with Gasteiger partial charge in [-0.3, -0.25) is 0 Å². The molecule has 6 heteroatoms. The van der Waals surface area contributed by atoms with Crippen molar-refractivity contribution in [2.24, 2.45) is 0 Å². The molecule has 0 unspecified atom stereocenters. The van der Waals surface area contributed by atoms with Gasteiger partial charge in [-0.15, -0.1) is 5.10 Å². The lowest BCUT2D eigenvalue weighted by Gasteiger charge is -2.10. The van der Waals surface area contributed by atoms with Crippen LogP contribution in [0.4, 0.5) is 6.01 Å². The summed E-state index contributed by atoms with van der Waals surface area (Å²) >= 11 is 3.50. The third-order valence-electron chi connectivity index (χ3n) is 3.26. The third kappa shape index (κ3) is 3.12. The van der Waals surface area contributed by atoms with Crippen LogP contribution < -0.4 is 10.5 Å². The minimum Gasteiger partial charge on any atom is -0.488 e. The van der Waals surface area contributed by atoms with Crippen LogP contribution in [0.5, 0.6) is 5.75 Å². The molecule has 0 amide bonds. The first-order valence-corrected chi connectivity index (χ1v) is 7.49. The molecule has 5 nitrogen and oxygen atoms in total. The summed E-state index contributed by atoms with van der Waals surface area (Å²) in [5.41, 5.74) is 8.57. The van der Waals surface area contributed by atoms with E-state index in [1.807, 2.05) is 30.3 Å². The minimum absolute atomic E-state index is 0.0472. The lowest BCUT2D eigenvalue weighted by molar-refractivity contribution is 0.303. The molecule has 1 aromatic heterocycles. The molecular weight excluding hydrogens is 346 g/mol. The molecule has 3 aromatic rings. The normalized spacial score (nSPS) is 10.6. The van der Waals surface area contributed by atoms with Crippen LogP contribution >= 0.6 is 15.9 Å². The monoisotopic (exact) mass is 359 g/mol. The van der Waals surface area contributed by atoms with Gasteiger partial charge in [0.15, 0.2) is 0 Å². The van der Waals surface area contributed by atoms with Gasteiger partial charge in [0.2, 0.25) is 5.89 Å². The average molecular weight is 360 g/mol. The third-order valence-corrected chi connectivity index (χ3v) is 3.88. The summed E-state index contributed by atoms with van der Waals surface area (Å²) in [6, 6.07) is 13.8. The van der Waals surface area contributed by atoms with Crippen LogP contribution in [0.1, 0.15) is 11.1 Å². The standard InChI is InChI=1S/C16H14BrN3O2/c1-10-4-2-3-5-12(10)9-21-14-7-6-11(8-13(14)17)15-19-20-16(18)22-15/h2-8H,9H2,1H3,(H2,18,20). The summed E-state index contributed by atoms with van der Waals surface area (Å²) in [5, 5.41) is 7.50. The second-order valence-electron chi connectivity index (χ2n) is 4.81. The second-order valence-corrected chi connectivity index (χ2v) is 5.66. The van der Waals surface area contributed by atoms with Crippen LogP contribution in [0.3, 0.4) is 0 Å². The van der Waals surface area contributed by atoms with Gasteiger partial charge in [-0.25, -0.2) is 0 Å². The maximum Gasteiger partial charge on any atom is 0.313 e. The SMILES string of the molecule is Cc1ccccc1COc1ccc(-c2nnc(N)o2)cc1Br. The molecule has 0 radical (unpaired) electrons. The first-order valence-electron chi connectivity index (χ1n) is 6.69. The molecule has 0 aliphatic rings. The smallest absolute Gasteiger partial charge is 0.313 e. The number of aryl methyl sites for hydroxylation is 1. The summed E-state index contributed by atoms with van der Waals surface area (Å²) < 4.78 is 11.9. The second kappa shape index (κ2) is 6.19. The van der Waals surface area contributed by atoms with Crippen molar-refractivity contribution in [1.82, 2.24) is 10.2 Å². The van der Waals surface area contributed by atoms with Crippen LogP contribution in [-0.4, -0.2) is 10.2 Å². The molecule has 112 valence electrons. The van der Waals surface area contributed by atoms with Gasteiger partial charge < -0.3 is 14.9 Å². The highest BCUT2D eigenvalue weighted by Gasteiger charge is 2.10. The van der Waals surface area contributed by atoms with E-state index in [2.05, 4.69) is 45.2 Å². The Labute approximate surface area is 136 Å². The highest BCUT2D eigenvalue weighted by molar-refractivity contribution is 9.10. The van der Waals surface area contributed by atoms with Gasteiger partial charge in [0.25, 0.3) is 0 Å². The Balaban J connectivity index is 1.77. The zero-order valence-corrected chi connectivity index (χ0v) is 13.5. The molecule has 2 aromatic carbocycles. The Morgan fingerprint density at radius 2 is 2.00 bits per heavy atom. The minimum atomic E-state index is 0.0472. The summed E-state index contributed by atoms with van der Waals surface area (Å²) in [7, 11) is 0. The predicted molar refractivity (Wildman–Crippen MR) is 87.4 cm³/mol. The topological polar surface area (TPSA) is 74.2 Å².